The molecule has 2 unspecified atom stereocenters. The highest BCUT2D eigenvalue weighted by Gasteiger charge is 2.28. The highest BCUT2D eigenvalue weighted by molar-refractivity contribution is 4.84. The summed E-state index contributed by atoms with van der Waals surface area (Å²) in [5, 5.41) is 3.35. The van der Waals surface area contributed by atoms with E-state index in [0.717, 1.165) is 12.5 Å². The van der Waals surface area contributed by atoms with Gasteiger partial charge in [-0.05, 0) is 39.3 Å². The van der Waals surface area contributed by atoms with Crippen LogP contribution in [0.15, 0.2) is 0 Å². The second-order valence-corrected chi connectivity index (χ2v) is 5.90. The molecule has 0 aromatic carbocycles. The Balaban J connectivity index is 4.32. The van der Waals surface area contributed by atoms with Gasteiger partial charge >= 0.3 is 0 Å². The molecule has 0 bridgehead atoms. The molecule has 2 atom stereocenters. The van der Waals surface area contributed by atoms with Gasteiger partial charge in [0.05, 0.1) is 0 Å². The zero-order valence-corrected chi connectivity index (χ0v) is 11.9. The van der Waals surface area contributed by atoms with E-state index in [1.807, 2.05) is 7.05 Å². The van der Waals surface area contributed by atoms with E-state index in [1.165, 1.54) is 0 Å². The Hall–Kier alpha value is -0.0800. The van der Waals surface area contributed by atoms with Crippen LogP contribution < -0.4 is 5.32 Å². The number of nitrogens with one attached hydrogen (secondary N) is 1. The van der Waals surface area contributed by atoms with Crippen molar-refractivity contribution in [2.75, 3.05) is 20.6 Å². The van der Waals surface area contributed by atoms with Crippen molar-refractivity contribution < 1.29 is 0 Å². The van der Waals surface area contributed by atoms with Gasteiger partial charge in [-0.3, -0.25) is 0 Å². The molecule has 0 saturated heterocycles. The first-order chi connectivity index (χ1) is 6.72. The minimum Gasteiger partial charge on any atom is -0.317 e. The molecule has 0 aliphatic heterocycles. The van der Waals surface area contributed by atoms with Gasteiger partial charge in [-0.1, -0.05) is 27.7 Å². The van der Waals surface area contributed by atoms with Gasteiger partial charge in [0.15, 0.2) is 0 Å². The van der Waals surface area contributed by atoms with E-state index >= 15 is 0 Å². The van der Waals surface area contributed by atoms with Crippen LogP contribution in [0.2, 0.25) is 0 Å². The predicted molar refractivity (Wildman–Crippen MR) is 69.2 cm³/mol. The lowest BCUT2D eigenvalue weighted by Gasteiger charge is -2.39. The highest BCUT2D eigenvalue weighted by Crippen LogP contribution is 2.23. The third-order valence-corrected chi connectivity index (χ3v) is 3.92. The molecule has 2 heteroatoms. The molecule has 0 saturated carbocycles. The molecule has 0 rings (SSSR count). The Bertz CT molecular complexity index is 175. The summed E-state index contributed by atoms with van der Waals surface area (Å²) in [6, 6.07) is 1.19. The fourth-order valence-corrected chi connectivity index (χ4v) is 1.82. The van der Waals surface area contributed by atoms with E-state index in [-0.39, 0.29) is 0 Å². The summed E-state index contributed by atoms with van der Waals surface area (Å²) in [5.41, 5.74) is 0.312. The van der Waals surface area contributed by atoms with Gasteiger partial charge in [-0.15, -0.1) is 0 Å². The van der Waals surface area contributed by atoms with Crippen molar-refractivity contribution in [2.24, 2.45) is 11.3 Å². The largest absolute Gasteiger partial charge is 0.317 e. The van der Waals surface area contributed by atoms with Gasteiger partial charge in [0.1, 0.15) is 0 Å². The Morgan fingerprint density at radius 3 is 1.93 bits per heavy atom. The maximum atomic E-state index is 3.35. The van der Waals surface area contributed by atoms with Crippen LogP contribution in [0.3, 0.4) is 0 Å². The predicted octanol–water partition coefficient (Wildman–Crippen LogP) is 2.60. The van der Waals surface area contributed by atoms with Crippen molar-refractivity contribution in [2.45, 2.75) is 53.6 Å². The lowest BCUT2D eigenvalue weighted by atomic mass is 9.84. The zero-order valence-electron chi connectivity index (χ0n) is 11.9. The first-order valence-electron chi connectivity index (χ1n) is 6.10. The second-order valence-electron chi connectivity index (χ2n) is 5.90. The van der Waals surface area contributed by atoms with E-state index in [4.69, 9.17) is 0 Å². The van der Waals surface area contributed by atoms with Crippen molar-refractivity contribution in [1.82, 2.24) is 10.2 Å². The SMILES string of the molecule is CNC(C)C(C)(C)CN(C)C(C)C(C)C. The fourth-order valence-electron chi connectivity index (χ4n) is 1.82. The van der Waals surface area contributed by atoms with Crippen molar-refractivity contribution in [1.29, 1.82) is 0 Å². The molecule has 0 aromatic heterocycles. The van der Waals surface area contributed by atoms with Gasteiger partial charge in [-0.25, -0.2) is 0 Å². The molecular formula is C13H30N2. The van der Waals surface area contributed by atoms with E-state index in [2.05, 4.69) is 58.8 Å². The lowest BCUT2D eigenvalue weighted by molar-refractivity contribution is 0.118. The van der Waals surface area contributed by atoms with Crippen molar-refractivity contribution in [3.05, 3.63) is 0 Å². The molecule has 0 radical (unpaired) electrons. The fraction of sp³-hybridized carbons (Fsp3) is 1.00. The summed E-state index contributed by atoms with van der Waals surface area (Å²) in [7, 11) is 4.27. The standard InChI is InChI=1S/C13H30N2/c1-10(2)11(3)15(8)9-13(5,6)12(4)14-7/h10-12,14H,9H2,1-8H3. The molecular weight excluding hydrogens is 184 g/mol. The number of hydrogen-bond donors (Lipinski definition) is 1. The first-order valence-corrected chi connectivity index (χ1v) is 6.10. The van der Waals surface area contributed by atoms with Crippen LogP contribution in [0.1, 0.15) is 41.5 Å². The Kier molecular flexibility index (Phi) is 5.82. The number of rotatable bonds is 6. The molecule has 1 N–H and O–H groups in total. The van der Waals surface area contributed by atoms with Crippen LogP contribution in [-0.4, -0.2) is 37.6 Å². The van der Waals surface area contributed by atoms with Crippen LogP contribution in [0, 0.1) is 11.3 Å². The van der Waals surface area contributed by atoms with Crippen molar-refractivity contribution in [3.63, 3.8) is 0 Å². The van der Waals surface area contributed by atoms with E-state index in [0.29, 0.717) is 17.5 Å². The minimum absolute atomic E-state index is 0.312. The second kappa shape index (κ2) is 5.86. The maximum Gasteiger partial charge on any atom is 0.00991 e. The number of hydrogen-bond acceptors (Lipinski definition) is 2. The topological polar surface area (TPSA) is 15.3 Å². The Labute approximate surface area is 96.4 Å². The average molecular weight is 214 g/mol. The summed E-state index contributed by atoms with van der Waals surface area (Å²) < 4.78 is 0. The van der Waals surface area contributed by atoms with Crippen LogP contribution >= 0.6 is 0 Å². The van der Waals surface area contributed by atoms with Crippen molar-refractivity contribution in [3.8, 4) is 0 Å². The third-order valence-electron chi connectivity index (χ3n) is 3.92. The van der Waals surface area contributed by atoms with Crippen LogP contribution in [0.5, 0.6) is 0 Å². The van der Waals surface area contributed by atoms with Crippen LogP contribution in [0.4, 0.5) is 0 Å². The summed E-state index contributed by atoms with van der Waals surface area (Å²) in [6.45, 7) is 14.9. The normalized spacial score (nSPS) is 17.2. The molecule has 2 nitrogen and oxygen atoms in total. The van der Waals surface area contributed by atoms with Gasteiger partial charge < -0.3 is 10.2 Å². The highest BCUT2D eigenvalue weighted by atomic mass is 15.1. The maximum absolute atomic E-state index is 3.35. The molecule has 0 heterocycles. The van der Waals surface area contributed by atoms with Gasteiger partial charge in [0.25, 0.3) is 0 Å². The quantitative estimate of drug-likeness (QED) is 0.731. The molecule has 0 amide bonds. The van der Waals surface area contributed by atoms with Crippen LogP contribution in [0.25, 0.3) is 0 Å². The average Bonchev–Trinajstić information content (AvgIpc) is 2.14. The Morgan fingerprint density at radius 2 is 1.60 bits per heavy atom. The van der Waals surface area contributed by atoms with E-state index in [9.17, 15) is 0 Å². The molecule has 0 aliphatic rings. The summed E-state index contributed by atoms with van der Waals surface area (Å²) in [4.78, 5) is 2.47. The van der Waals surface area contributed by atoms with Gasteiger partial charge in [-0.2, -0.15) is 0 Å². The van der Waals surface area contributed by atoms with Gasteiger partial charge in [0, 0.05) is 18.6 Å². The molecule has 0 aliphatic carbocycles. The molecule has 0 spiro atoms. The molecule has 0 fully saturated rings. The van der Waals surface area contributed by atoms with Crippen molar-refractivity contribution >= 4 is 0 Å². The Morgan fingerprint density at radius 1 is 1.13 bits per heavy atom. The zero-order chi connectivity index (χ0) is 12.2. The molecule has 92 valence electrons. The summed E-state index contributed by atoms with van der Waals surface area (Å²) in [5.74, 6) is 0.718. The minimum atomic E-state index is 0.312. The number of nitrogens with zero attached hydrogens (tertiary/aromatic N) is 1. The smallest absolute Gasteiger partial charge is 0.00991 e. The van der Waals surface area contributed by atoms with E-state index in [1.54, 1.807) is 0 Å². The third kappa shape index (κ3) is 4.52. The molecule has 15 heavy (non-hydrogen) atoms. The van der Waals surface area contributed by atoms with Crippen LogP contribution in [-0.2, 0) is 0 Å². The van der Waals surface area contributed by atoms with E-state index < -0.39 is 0 Å². The first kappa shape index (κ1) is 14.9. The molecule has 0 aromatic rings. The monoisotopic (exact) mass is 214 g/mol. The van der Waals surface area contributed by atoms with Gasteiger partial charge in [0.2, 0.25) is 0 Å². The lowest BCUT2D eigenvalue weighted by Crippen LogP contribution is -2.47. The summed E-state index contributed by atoms with van der Waals surface area (Å²) in [6.07, 6.45) is 0. The summed E-state index contributed by atoms with van der Waals surface area (Å²) >= 11 is 0.